The Morgan fingerprint density at radius 3 is 3.06 bits per heavy atom. The minimum absolute atomic E-state index is 0.293. The number of rotatable bonds is 2. The molecule has 0 saturated carbocycles. The van der Waals surface area contributed by atoms with Crippen molar-refractivity contribution in [3.8, 4) is 5.75 Å². The average Bonchev–Trinajstić information content (AvgIpc) is 2.27. The number of morpholine rings is 1. The molecule has 0 bridgehead atoms. The van der Waals surface area contributed by atoms with Crippen LogP contribution in [0.1, 0.15) is 12.5 Å². The monoisotopic (exact) mass is 225 g/mol. The summed E-state index contributed by atoms with van der Waals surface area (Å²) >= 11 is 0. The van der Waals surface area contributed by atoms with Crippen molar-refractivity contribution in [3.63, 3.8) is 0 Å². The first-order valence-corrected chi connectivity index (χ1v) is 5.46. The van der Waals surface area contributed by atoms with Gasteiger partial charge in [-0.15, -0.1) is 0 Å². The summed E-state index contributed by atoms with van der Waals surface area (Å²) < 4.78 is 18.5. The van der Waals surface area contributed by atoms with Crippen molar-refractivity contribution >= 4 is 0 Å². The molecule has 0 amide bonds. The Morgan fingerprint density at radius 1 is 1.56 bits per heavy atom. The van der Waals surface area contributed by atoms with Crippen molar-refractivity contribution in [2.75, 3.05) is 19.8 Å². The number of phenols is 1. The van der Waals surface area contributed by atoms with Gasteiger partial charge in [-0.1, -0.05) is 6.07 Å². The van der Waals surface area contributed by atoms with Crippen LogP contribution in [0.2, 0.25) is 0 Å². The van der Waals surface area contributed by atoms with Crippen LogP contribution in [-0.4, -0.2) is 35.8 Å². The van der Waals surface area contributed by atoms with Gasteiger partial charge in [0.15, 0.2) is 11.6 Å². The maximum absolute atomic E-state index is 13.1. The van der Waals surface area contributed by atoms with E-state index in [1.54, 1.807) is 6.07 Å². The van der Waals surface area contributed by atoms with Gasteiger partial charge in [0.05, 0.1) is 13.2 Å². The van der Waals surface area contributed by atoms with Crippen LogP contribution in [0.25, 0.3) is 0 Å². The van der Waals surface area contributed by atoms with Crippen molar-refractivity contribution < 1.29 is 14.2 Å². The lowest BCUT2D eigenvalue weighted by atomic mass is 10.1. The second kappa shape index (κ2) is 4.80. The van der Waals surface area contributed by atoms with Crippen molar-refractivity contribution in [2.24, 2.45) is 0 Å². The highest BCUT2D eigenvalue weighted by molar-refractivity contribution is 5.28. The molecule has 1 aliphatic heterocycles. The first-order chi connectivity index (χ1) is 7.66. The van der Waals surface area contributed by atoms with Crippen molar-refractivity contribution in [2.45, 2.75) is 19.5 Å². The minimum atomic E-state index is -0.557. The Hall–Kier alpha value is -1.13. The number of ether oxygens (including phenoxy) is 1. The average molecular weight is 225 g/mol. The first-order valence-electron chi connectivity index (χ1n) is 5.46. The molecule has 0 radical (unpaired) electrons. The van der Waals surface area contributed by atoms with Gasteiger partial charge in [0.2, 0.25) is 0 Å². The maximum atomic E-state index is 13.1. The fraction of sp³-hybridized carbons (Fsp3) is 0.500. The summed E-state index contributed by atoms with van der Waals surface area (Å²) in [6.45, 7) is 5.10. The van der Waals surface area contributed by atoms with Crippen LogP contribution in [0.15, 0.2) is 18.2 Å². The summed E-state index contributed by atoms with van der Waals surface area (Å²) in [6.07, 6.45) is 0. The van der Waals surface area contributed by atoms with Crippen LogP contribution < -0.4 is 0 Å². The Kier molecular flexibility index (Phi) is 3.41. The number of nitrogens with zero attached hydrogens (tertiary/aromatic N) is 1. The number of hydrogen-bond acceptors (Lipinski definition) is 3. The van der Waals surface area contributed by atoms with Crippen LogP contribution >= 0.6 is 0 Å². The summed E-state index contributed by atoms with van der Waals surface area (Å²) in [6, 6.07) is 4.89. The smallest absolute Gasteiger partial charge is 0.165 e. The van der Waals surface area contributed by atoms with Gasteiger partial charge in [-0.25, -0.2) is 4.39 Å². The largest absolute Gasteiger partial charge is 0.505 e. The molecule has 3 nitrogen and oxygen atoms in total. The Bertz CT molecular complexity index is 370. The standard InChI is InChI=1S/C12H16FNO2/c1-9-8-16-5-4-14(9)7-10-2-3-12(15)11(13)6-10/h2-3,6,9,15H,4-5,7-8H2,1H3. The Balaban J connectivity index is 2.05. The molecule has 1 fully saturated rings. The molecule has 0 aliphatic carbocycles. The second-order valence-corrected chi connectivity index (χ2v) is 4.18. The lowest BCUT2D eigenvalue weighted by Crippen LogP contribution is -2.42. The van der Waals surface area contributed by atoms with E-state index >= 15 is 0 Å². The van der Waals surface area contributed by atoms with Crippen LogP contribution in [-0.2, 0) is 11.3 Å². The number of phenolic OH excluding ortho intramolecular Hbond substituents is 1. The molecule has 0 spiro atoms. The third-order valence-corrected chi connectivity index (χ3v) is 2.90. The highest BCUT2D eigenvalue weighted by Gasteiger charge is 2.18. The molecule has 1 unspecified atom stereocenters. The van der Waals surface area contributed by atoms with Crippen molar-refractivity contribution in [1.82, 2.24) is 4.90 Å². The zero-order valence-electron chi connectivity index (χ0n) is 9.32. The third-order valence-electron chi connectivity index (χ3n) is 2.90. The van der Waals surface area contributed by atoms with Gasteiger partial charge >= 0.3 is 0 Å². The predicted octanol–water partition coefficient (Wildman–Crippen LogP) is 1.75. The van der Waals surface area contributed by atoms with Gasteiger partial charge in [-0.2, -0.15) is 0 Å². The molecule has 1 aliphatic rings. The predicted molar refractivity (Wildman–Crippen MR) is 58.8 cm³/mol. The molecule has 88 valence electrons. The molecule has 2 rings (SSSR count). The molecule has 1 saturated heterocycles. The molecule has 4 heteroatoms. The van der Waals surface area contributed by atoms with Gasteiger partial charge in [0, 0.05) is 19.1 Å². The van der Waals surface area contributed by atoms with Crippen molar-refractivity contribution in [1.29, 1.82) is 0 Å². The van der Waals surface area contributed by atoms with Gasteiger partial charge in [0.1, 0.15) is 0 Å². The van der Waals surface area contributed by atoms with E-state index in [0.717, 1.165) is 25.3 Å². The van der Waals surface area contributed by atoms with Crippen molar-refractivity contribution in [3.05, 3.63) is 29.6 Å². The quantitative estimate of drug-likeness (QED) is 0.832. The van der Waals surface area contributed by atoms with Gasteiger partial charge in [0.25, 0.3) is 0 Å². The van der Waals surface area contributed by atoms with Crippen LogP contribution in [0.3, 0.4) is 0 Å². The molecule has 1 atom stereocenters. The van der Waals surface area contributed by atoms with E-state index in [1.165, 1.54) is 12.1 Å². The molecule has 1 aromatic rings. The Morgan fingerprint density at radius 2 is 2.38 bits per heavy atom. The zero-order valence-corrected chi connectivity index (χ0v) is 9.32. The highest BCUT2D eigenvalue weighted by Crippen LogP contribution is 2.18. The lowest BCUT2D eigenvalue weighted by Gasteiger charge is -2.33. The van der Waals surface area contributed by atoms with Gasteiger partial charge < -0.3 is 9.84 Å². The normalized spacial score (nSPS) is 22.2. The molecule has 0 aromatic heterocycles. The third kappa shape index (κ3) is 2.51. The summed E-state index contributed by atoms with van der Waals surface area (Å²) in [7, 11) is 0. The molecule has 1 heterocycles. The summed E-state index contributed by atoms with van der Waals surface area (Å²) in [5.74, 6) is -0.850. The van der Waals surface area contributed by atoms with E-state index in [1.807, 2.05) is 0 Å². The van der Waals surface area contributed by atoms with E-state index < -0.39 is 5.82 Å². The van der Waals surface area contributed by atoms with Gasteiger partial charge in [-0.05, 0) is 24.6 Å². The Labute approximate surface area is 94.4 Å². The van der Waals surface area contributed by atoms with E-state index in [0.29, 0.717) is 12.6 Å². The van der Waals surface area contributed by atoms with Gasteiger partial charge in [-0.3, -0.25) is 4.90 Å². The van der Waals surface area contributed by atoms with E-state index in [-0.39, 0.29) is 5.75 Å². The van der Waals surface area contributed by atoms with Crippen LogP contribution in [0.4, 0.5) is 4.39 Å². The number of aromatic hydroxyl groups is 1. The molecule has 16 heavy (non-hydrogen) atoms. The number of benzene rings is 1. The fourth-order valence-corrected chi connectivity index (χ4v) is 1.88. The zero-order chi connectivity index (χ0) is 11.5. The number of halogens is 1. The van der Waals surface area contributed by atoms with E-state index in [9.17, 15) is 4.39 Å². The lowest BCUT2D eigenvalue weighted by molar-refractivity contribution is -0.00440. The van der Waals surface area contributed by atoms with E-state index in [4.69, 9.17) is 9.84 Å². The summed E-state index contributed by atoms with van der Waals surface area (Å²) in [4.78, 5) is 2.25. The SMILES string of the molecule is CC1COCCN1Cc1ccc(O)c(F)c1. The number of hydrogen-bond donors (Lipinski definition) is 1. The van der Waals surface area contributed by atoms with Crippen LogP contribution in [0.5, 0.6) is 5.75 Å². The molecule has 1 aromatic carbocycles. The topological polar surface area (TPSA) is 32.7 Å². The van der Waals surface area contributed by atoms with Crippen LogP contribution in [0, 0.1) is 5.82 Å². The molecule has 1 N–H and O–H groups in total. The summed E-state index contributed by atoms with van der Waals surface area (Å²) in [5, 5.41) is 9.09. The molecular weight excluding hydrogens is 209 g/mol. The molecular formula is C12H16FNO2. The minimum Gasteiger partial charge on any atom is -0.505 e. The summed E-state index contributed by atoms with van der Waals surface area (Å²) in [5.41, 5.74) is 0.879. The highest BCUT2D eigenvalue weighted by atomic mass is 19.1. The second-order valence-electron chi connectivity index (χ2n) is 4.18. The maximum Gasteiger partial charge on any atom is 0.165 e. The fourth-order valence-electron chi connectivity index (χ4n) is 1.88. The van der Waals surface area contributed by atoms with E-state index in [2.05, 4.69) is 11.8 Å². The first kappa shape index (κ1) is 11.4.